The minimum absolute atomic E-state index is 0.661. The van der Waals surface area contributed by atoms with Crippen LogP contribution in [0.5, 0.6) is 0 Å². The molecule has 4 aromatic rings. The van der Waals surface area contributed by atoms with Gasteiger partial charge in [-0.15, -0.1) is 0 Å². The van der Waals surface area contributed by atoms with Crippen LogP contribution in [0.1, 0.15) is 23.7 Å². The molecule has 10 heteroatoms. The fourth-order valence-corrected chi connectivity index (χ4v) is 6.79. The van der Waals surface area contributed by atoms with Gasteiger partial charge >= 0.3 is 0 Å². The number of imidazole rings is 1. The van der Waals surface area contributed by atoms with Crippen LogP contribution in [0.15, 0.2) is 24.3 Å². The molecule has 0 radical (unpaired) electrons. The molecule has 0 aliphatic carbocycles. The van der Waals surface area contributed by atoms with E-state index in [1.165, 1.54) is 12.8 Å². The van der Waals surface area contributed by atoms with Gasteiger partial charge in [-0.2, -0.15) is 9.97 Å². The van der Waals surface area contributed by atoms with Crippen molar-refractivity contribution < 1.29 is 9.47 Å². The topological polar surface area (TPSA) is 81.4 Å². The van der Waals surface area contributed by atoms with E-state index in [9.17, 15) is 0 Å². The van der Waals surface area contributed by atoms with E-state index in [1.807, 2.05) is 25.1 Å². The first-order chi connectivity index (χ1) is 17.7. The monoisotopic (exact) mass is 505 g/mol. The van der Waals surface area contributed by atoms with Gasteiger partial charge < -0.3 is 14.4 Å². The lowest BCUT2D eigenvalue weighted by atomic mass is 9.81. The number of hydrogen-bond donors (Lipinski definition) is 0. The zero-order chi connectivity index (χ0) is 24.1. The highest BCUT2D eigenvalue weighted by Gasteiger charge is 2.34. The molecule has 0 saturated carbocycles. The lowest BCUT2D eigenvalue weighted by Gasteiger charge is -2.44. The van der Waals surface area contributed by atoms with Gasteiger partial charge in [0.15, 0.2) is 10.6 Å². The first kappa shape index (κ1) is 22.5. The van der Waals surface area contributed by atoms with E-state index in [0.717, 1.165) is 95.8 Å². The maximum Gasteiger partial charge on any atom is 0.239 e. The van der Waals surface area contributed by atoms with Gasteiger partial charge in [-0.25, -0.2) is 9.97 Å². The molecule has 3 aliphatic heterocycles. The average Bonchev–Trinajstić information content (AvgIpc) is 3.45. The predicted octanol–water partition coefficient (Wildman–Crippen LogP) is 3.43. The summed E-state index contributed by atoms with van der Waals surface area (Å²) in [7, 11) is 0. The van der Waals surface area contributed by atoms with Crippen LogP contribution in [0.4, 0.5) is 5.82 Å². The Hall–Kier alpha value is -2.66. The number of rotatable bonds is 5. The number of aryl methyl sites for hydroxylation is 1. The lowest BCUT2D eigenvalue weighted by Crippen LogP contribution is -2.50. The normalized spacial score (nSPS) is 20.4. The molecule has 1 aromatic carbocycles. The van der Waals surface area contributed by atoms with Gasteiger partial charge in [-0.3, -0.25) is 9.47 Å². The van der Waals surface area contributed by atoms with Crippen molar-refractivity contribution in [2.75, 3.05) is 57.5 Å². The third kappa shape index (κ3) is 4.06. The fourth-order valence-electron chi connectivity index (χ4n) is 5.82. The molecular weight excluding hydrogens is 474 g/mol. The second-order valence-electron chi connectivity index (χ2n) is 10.1. The van der Waals surface area contributed by atoms with Gasteiger partial charge in [0.2, 0.25) is 5.95 Å². The van der Waals surface area contributed by atoms with Crippen LogP contribution in [-0.4, -0.2) is 82.0 Å². The van der Waals surface area contributed by atoms with Gasteiger partial charge in [0.05, 0.1) is 30.8 Å². The highest BCUT2D eigenvalue weighted by Crippen LogP contribution is 2.35. The van der Waals surface area contributed by atoms with Crippen molar-refractivity contribution in [3.05, 3.63) is 35.1 Å². The molecule has 3 aromatic heterocycles. The molecule has 188 valence electrons. The average molecular weight is 506 g/mol. The van der Waals surface area contributed by atoms with Gasteiger partial charge in [-0.1, -0.05) is 23.5 Å². The highest BCUT2D eigenvalue weighted by atomic mass is 32.1. The summed E-state index contributed by atoms with van der Waals surface area (Å²) >= 11 is 1.70. The van der Waals surface area contributed by atoms with Crippen LogP contribution in [0, 0.1) is 18.8 Å². The molecule has 3 saturated heterocycles. The Labute approximate surface area is 214 Å². The number of morpholine rings is 1. The first-order valence-corrected chi connectivity index (χ1v) is 13.8. The molecule has 0 atom stereocenters. The maximum absolute atomic E-state index is 5.62. The molecule has 0 unspecified atom stereocenters. The Morgan fingerprint density at radius 3 is 2.53 bits per heavy atom. The third-order valence-corrected chi connectivity index (χ3v) is 8.72. The zero-order valence-corrected chi connectivity index (χ0v) is 21.4. The van der Waals surface area contributed by atoms with Gasteiger partial charge in [-0.05, 0) is 43.7 Å². The fraction of sp³-hybridized carbons (Fsp3) is 0.538. The van der Waals surface area contributed by atoms with Gasteiger partial charge in [0, 0.05) is 39.4 Å². The summed E-state index contributed by atoms with van der Waals surface area (Å²) in [6, 6.07) is 8.16. The number of hydrogen-bond acceptors (Lipinski definition) is 9. The quantitative estimate of drug-likeness (QED) is 0.408. The number of nitrogens with zero attached hydrogens (tertiary/aromatic N) is 7. The van der Waals surface area contributed by atoms with Crippen molar-refractivity contribution >= 4 is 38.5 Å². The molecule has 0 spiro atoms. The van der Waals surface area contributed by atoms with Crippen LogP contribution in [0.2, 0.25) is 0 Å². The Kier molecular flexibility index (Phi) is 5.84. The maximum atomic E-state index is 5.62. The smallest absolute Gasteiger partial charge is 0.239 e. The standard InChI is InChI=1S/C26H31N7O2S/c1-17-27-20-4-2-3-5-21(20)33(17)26-29-24(32-8-12-35-13-9-32)23-25(30-26)36-22(28-23)16-31-14-19(15-31)18-6-10-34-11-7-18/h2-5,18-19H,6-16H2,1H3. The molecule has 0 N–H and O–H groups in total. The molecule has 0 amide bonds. The molecule has 6 heterocycles. The number of benzene rings is 1. The number of fused-ring (bicyclic) bond motifs is 2. The minimum Gasteiger partial charge on any atom is -0.381 e. The second kappa shape index (κ2) is 9.33. The van der Waals surface area contributed by atoms with Crippen LogP contribution in [-0.2, 0) is 16.0 Å². The molecular formula is C26H31N7O2S. The van der Waals surface area contributed by atoms with Crippen LogP contribution in [0.3, 0.4) is 0 Å². The molecule has 3 fully saturated rings. The number of thiazole rings is 1. The first-order valence-electron chi connectivity index (χ1n) is 13.0. The van der Waals surface area contributed by atoms with E-state index in [4.69, 9.17) is 29.4 Å². The van der Waals surface area contributed by atoms with Crippen molar-refractivity contribution in [3.8, 4) is 5.95 Å². The van der Waals surface area contributed by atoms with E-state index in [-0.39, 0.29) is 0 Å². The summed E-state index contributed by atoms with van der Waals surface area (Å²) in [5.41, 5.74) is 2.88. The van der Waals surface area contributed by atoms with Crippen LogP contribution < -0.4 is 4.90 Å². The summed E-state index contributed by atoms with van der Waals surface area (Å²) in [4.78, 5) is 25.7. The van der Waals surface area contributed by atoms with E-state index < -0.39 is 0 Å². The van der Waals surface area contributed by atoms with E-state index in [1.54, 1.807) is 11.3 Å². The highest BCUT2D eigenvalue weighted by molar-refractivity contribution is 7.18. The van der Waals surface area contributed by atoms with Crippen LogP contribution in [0.25, 0.3) is 27.3 Å². The number of aromatic nitrogens is 5. The number of anilines is 1. The third-order valence-electron chi connectivity index (χ3n) is 7.79. The van der Waals surface area contributed by atoms with Crippen molar-refractivity contribution in [1.29, 1.82) is 0 Å². The molecule has 0 bridgehead atoms. The number of likely N-dealkylation sites (tertiary alicyclic amines) is 1. The molecule has 3 aliphatic rings. The Balaban J connectivity index is 1.22. The Bertz CT molecular complexity index is 1380. The Morgan fingerprint density at radius 1 is 0.917 bits per heavy atom. The number of para-hydroxylation sites is 2. The van der Waals surface area contributed by atoms with Crippen molar-refractivity contribution in [1.82, 2.24) is 29.4 Å². The largest absolute Gasteiger partial charge is 0.381 e. The van der Waals surface area contributed by atoms with Crippen molar-refractivity contribution in [2.24, 2.45) is 11.8 Å². The number of ether oxygens (including phenoxy) is 2. The van der Waals surface area contributed by atoms with E-state index in [0.29, 0.717) is 19.2 Å². The van der Waals surface area contributed by atoms with Gasteiger partial charge in [0.1, 0.15) is 16.3 Å². The van der Waals surface area contributed by atoms with Gasteiger partial charge in [0.25, 0.3) is 0 Å². The SMILES string of the molecule is Cc1nc2ccccc2n1-c1nc(N2CCOCC2)c2nc(CN3CC(C4CCOCC4)C3)sc2n1. The van der Waals surface area contributed by atoms with E-state index in [2.05, 4.69) is 20.4 Å². The van der Waals surface area contributed by atoms with Crippen molar-refractivity contribution in [3.63, 3.8) is 0 Å². The molecule has 36 heavy (non-hydrogen) atoms. The molecule has 7 rings (SSSR count). The minimum atomic E-state index is 0.661. The Morgan fingerprint density at radius 2 is 1.69 bits per heavy atom. The predicted molar refractivity (Wildman–Crippen MR) is 140 cm³/mol. The van der Waals surface area contributed by atoms with Crippen molar-refractivity contribution in [2.45, 2.75) is 26.3 Å². The summed E-state index contributed by atoms with van der Waals surface area (Å²) in [6.07, 6.45) is 2.42. The molecule has 9 nitrogen and oxygen atoms in total. The lowest BCUT2D eigenvalue weighted by molar-refractivity contribution is -0.0104. The van der Waals surface area contributed by atoms with E-state index >= 15 is 0 Å². The summed E-state index contributed by atoms with van der Waals surface area (Å²) in [6.45, 7) is 10.1. The summed E-state index contributed by atoms with van der Waals surface area (Å²) in [5, 5.41) is 1.11. The summed E-state index contributed by atoms with van der Waals surface area (Å²) in [5.74, 6) is 4.07. The zero-order valence-electron chi connectivity index (χ0n) is 20.6. The second-order valence-corrected chi connectivity index (χ2v) is 11.2. The summed E-state index contributed by atoms with van der Waals surface area (Å²) < 4.78 is 13.2. The van der Waals surface area contributed by atoms with Crippen LogP contribution >= 0.6 is 11.3 Å².